The number of aliphatic imine (C=N–C) groups is 1. The van der Waals surface area contributed by atoms with Crippen LogP contribution < -0.4 is 0 Å². The van der Waals surface area contributed by atoms with Gasteiger partial charge in [-0.25, -0.2) is 9.38 Å². The van der Waals surface area contributed by atoms with E-state index in [1.54, 1.807) is 11.0 Å². The summed E-state index contributed by atoms with van der Waals surface area (Å²) in [5.74, 6) is 0.0716. The molecule has 2 aliphatic rings. The molecule has 104 valence electrons. The predicted molar refractivity (Wildman–Crippen MR) is 79.4 cm³/mol. The molecule has 2 heterocycles. The molecule has 2 aliphatic heterocycles. The molecular formula is C11H10Cl3FN2OS. The molecule has 0 saturated carbocycles. The van der Waals surface area contributed by atoms with E-state index in [4.69, 9.17) is 23.2 Å². The van der Waals surface area contributed by atoms with Crippen molar-refractivity contribution in [2.24, 2.45) is 4.99 Å². The van der Waals surface area contributed by atoms with Gasteiger partial charge in [-0.05, 0) is 12.1 Å². The van der Waals surface area contributed by atoms with Crippen LogP contribution in [0.1, 0.15) is 5.56 Å². The number of alkyl halides is 1. The van der Waals surface area contributed by atoms with Crippen LogP contribution in [-0.2, 0) is 6.54 Å². The fourth-order valence-corrected chi connectivity index (χ4v) is 3.81. The number of benzene rings is 1. The number of halogens is 4. The zero-order chi connectivity index (χ0) is 12.9. The quantitative estimate of drug-likeness (QED) is 0.794. The maximum atomic E-state index is 13.8. The molecule has 19 heavy (non-hydrogen) atoms. The van der Waals surface area contributed by atoms with E-state index in [2.05, 4.69) is 4.99 Å². The Morgan fingerprint density at radius 1 is 1.53 bits per heavy atom. The summed E-state index contributed by atoms with van der Waals surface area (Å²) in [6, 6.07) is 2.91. The minimum absolute atomic E-state index is 0. The standard InChI is InChI=1S/C11H9Cl2FN2OS.ClH/c12-4-11(17)5-18-10-15-9-6(3-16(10)11)1-7(13)2-8(9)14;/h1-2,17H,3-5H2;1H. The Kier molecular flexibility index (Phi) is 4.23. The molecule has 1 aromatic carbocycles. The monoisotopic (exact) mass is 342 g/mol. The van der Waals surface area contributed by atoms with Gasteiger partial charge in [-0.3, -0.25) is 0 Å². The van der Waals surface area contributed by atoms with Gasteiger partial charge in [-0.15, -0.1) is 24.0 Å². The number of amidine groups is 1. The van der Waals surface area contributed by atoms with Gasteiger partial charge >= 0.3 is 0 Å². The van der Waals surface area contributed by atoms with Crippen molar-refractivity contribution in [3.63, 3.8) is 0 Å². The number of rotatable bonds is 1. The summed E-state index contributed by atoms with van der Waals surface area (Å²) in [4.78, 5) is 5.94. The Morgan fingerprint density at radius 2 is 2.26 bits per heavy atom. The van der Waals surface area contributed by atoms with Crippen molar-refractivity contribution in [3.05, 3.63) is 28.5 Å². The smallest absolute Gasteiger partial charge is 0.167 e. The molecule has 1 saturated heterocycles. The average Bonchev–Trinajstić information content (AvgIpc) is 2.66. The minimum Gasteiger partial charge on any atom is -0.369 e. The van der Waals surface area contributed by atoms with Crippen molar-refractivity contribution < 1.29 is 9.50 Å². The van der Waals surface area contributed by atoms with Crippen LogP contribution in [0.4, 0.5) is 10.1 Å². The topological polar surface area (TPSA) is 35.8 Å². The fraction of sp³-hybridized carbons (Fsp3) is 0.364. The lowest BCUT2D eigenvalue weighted by atomic mass is 10.1. The molecule has 0 amide bonds. The second-order valence-electron chi connectivity index (χ2n) is 4.28. The third-order valence-corrected chi connectivity index (χ3v) is 4.85. The molecule has 1 N–H and O–H groups in total. The van der Waals surface area contributed by atoms with Gasteiger partial charge in [0.2, 0.25) is 0 Å². The summed E-state index contributed by atoms with van der Waals surface area (Å²) in [5, 5.41) is 11.3. The summed E-state index contributed by atoms with van der Waals surface area (Å²) >= 11 is 13.0. The summed E-state index contributed by atoms with van der Waals surface area (Å²) in [6.45, 7) is 0.363. The van der Waals surface area contributed by atoms with Gasteiger partial charge in [0.15, 0.2) is 16.7 Å². The summed E-state index contributed by atoms with van der Waals surface area (Å²) in [6.07, 6.45) is 0. The van der Waals surface area contributed by atoms with Crippen molar-refractivity contribution >= 4 is 58.2 Å². The van der Waals surface area contributed by atoms with Gasteiger partial charge in [-0.2, -0.15) is 0 Å². The summed E-state index contributed by atoms with van der Waals surface area (Å²) < 4.78 is 13.8. The van der Waals surface area contributed by atoms with Crippen LogP contribution in [0.2, 0.25) is 5.02 Å². The molecule has 3 nitrogen and oxygen atoms in total. The minimum atomic E-state index is -1.12. The Balaban J connectivity index is 0.00000133. The molecule has 0 spiro atoms. The third-order valence-electron chi connectivity index (χ3n) is 3.02. The van der Waals surface area contributed by atoms with Gasteiger partial charge in [0.1, 0.15) is 5.69 Å². The van der Waals surface area contributed by atoms with Crippen LogP contribution in [0.15, 0.2) is 17.1 Å². The molecule has 1 aromatic rings. The fourth-order valence-electron chi connectivity index (χ4n) is 2.06. The van der Waals surface area contributed by atoms with Crippen molar-refractivity contribution in [2.75, 3.05) is 11.6 Å². The zero-order valence-corrected chi connectivity index (χ0v) is 12.7. The number of hydrogen-bond acceptors (Lipinski definition) is 4. The number of thioether (sulfide) groups is 1. The average molecular weight is 344 g/mol. The lowest BCUT2D eigenvalue weighted by Crippen LogP contribution is -2.49. The van der Waals surface area contributed by atoms with Gasteiger partial charge in [-0.1, -0.05) is 23.4 Å². The second kappa shape index (κ2) is 5.30. The van der Waals surface area contributed by atoms with E-state index in [0.29, 0.717) is 33.7 Å². The lowest BCUT2D eigenvalue weighted by molar-refractivity contribution is -0.0256. The van der Waals surface area contributed by atoms with E-state index in [0.717, 1.165) is 0 Å². The highest BCUT2D eigenvalue weighted by Gasteiger charge is 2.44. The lowest BCUT2D eigenvalue weighted by Gasteiger charge is -2.34. The second-order valence-corrected chi connectivity index (χ2v) is 5.93. The van der Waals surface area contributed by atoms with E-state index >= 15 is 0 Å². The Hall–Kier alpha value is -0.200. The molecule has 8 heteroatoms. The molecule has 0 aliphatic carbocycles. The Labute approximate surface area is 130 Å². The Morgan fingerprint density at radius 3 is 2.95 bits per heavy atom. The number of nitrogens with zero attached hydrogens (tertiary/aromatic N) is 2. The zero-order valence-electron chi connectivity index (χ0n) is 9.57. The van der Waals surface area contributed by atoms with E-state index in [1.165, 1.54) is 17.8 Å². The SMILES string of the molecule is Cl.OC1(CCl)CSC2=Nc3c(F)cc(Cl)cc3CN21. The van der Waals surface area contributed by atoms with Crippen molar-refractivity contribution in [1.29, 1.82) is 0 Å². The van der Waals surface area contributed by atoms with Crippen LogP contribution >= 0.6 is 47.4 Å². The van der Waals surface area contributed by atoms with Gasteiger partial charge in [0.25, 0.3) is 0 Å². The van der Waals surface area contributed by atoms with E-state index in [-0.39, 0.29) is 18.3 Å². The normalized spacial score (nSPS) is 24.4. The molecule has 3 rings (SSSR count). The van der Waals surface area contributed by atoms with Crippen LogP contribution in [0.3, 0.4) is 0 Å². The molecule has 1 atom stereocenters. The van der Waals surface area contributed by atoms with Gasteiger partial charge < -0.3 is 10.0 Å². The number of aliphatic hydroxyl groups is 1. The third kappa shape index (κ3) is 2.43. The summed E-state index contributed by atoms with van der Waals surface area (Å²) in [7, 11) is 0. The van der Waals surface area contributed by atoms with Crippen molar-refractivity contribution in [3.8, 4) is 0 Å². The van der Waals surface area contributed by atoms with Gasteiger partial charge in [0.05, 0.1) is 18.2 Å². The van der Waals surface area contributed by atoms with Crippen molar-refractivity contribution in [2.45, 2.75) is 12.3 Å². The number of hydrogen-bond donors (Lipinski definition) is 1. The first-order chi connectivity index (χ1) is 8.53. The maximum absolute atomic E-state index is 13.8. The molecule has 0 radical (unpaired) electrons. The molecule has 0 aromatic heterocycles. The molecule has 1 fully saturated rings. The first-order valence-electron chi connectivity index (χ1n) is 5.29. The molecular weight excluding hydrogens is 334 g/mol. The van der Waals surface area contributed by atoms with Crippen LogP contribution in [0.5, 0.6) is 0 Å². The van der Waals surface area contributed by atoms with Crippen molar-refractivity contribution in [1.82, 2.24) is 4.90 Å². The first kappa shape index (κ1) is 15.2. The molecule has 0 bridgehead atoms. The predicted octanol–water partition coefficient (Wildman–Crippen LogP) is 3.38. The summed E-state index contributed by atoms with van der Waals surface area (Å²) in [5.41, 5.74) is -0.159. The van der Waals surface area contributed by atoms with E-state index in [1.807, 2.05) is 0 Å². The van der Waals surface area contributed by atoms with E-state index in [9.17, 15) is 9.50 Å². The highest BCUT2D eigenvalue weighted by molar-refractivity contribution is 8.14. The maximum Gasteiger partial charge on any atom is 0.167 e. The van der Waals surface area contributed by atoms with Crippen LogP contribution in [0.25, 0.3) is 0 Å². The molecule has 1 unspecified atom stereocenters. The highest BCUT2D eigenvalue weighted by Crippen LogP contribution is 2.41. The van der Waals surface area contributed by atoms with Gasteiger partial charge in [0, 0.05) is 10.6 Å². The number of fused-ring (bicyclic) bond motifs is 2. The largest absolute Gasteiger partial charge is 0.369 e. The van der Waals surface area contributed by atoms with Crippen LogP contribution in [-0.4, -0.2) is 32.5 Å². The Bertz CT molecular complexity index is 557. The van der Waals surface area contributed by atoms with Crippen LogP contribution in [0, 0.1) is 5.82 Å². The van der Waals surface area contributed by atoms with E-state index < -0.39 is 11.5 Å². The first-order valence-corrected chi connectivity index (χ1v) is 7.19. The highest BCUT2D eigenvalue weighted by atomic mass is 35.5.